The van der Waals surface area contributed by atoms with Gasteiger partial charge in [-0.15, -0.1) is 0 Å². The van der Waals surface area contributed by atoms with Crippen LogP contribution < -0.4 is 5.73 Å². The molecule has 0 aromatic carbocycles. The minimum atomic E-state index is 0.419. The molecule has 0 spiro atoms. The van der Waals surface area contributed by atoms with E-state index in [2.05, 4.69) is 30.0 Å². The van der Waals surface area contributed by atoms with E-state index < -0.39 is 0 Å². The predicted molar refractivity (Wildman–Crippen MR) is 73.1 cm³/mol. The summed E-state index contributed by atoms with van der Waals surface area (Å²) in [6.45, 7) is 5.35. The number of aromatic nitrogens is 3. The van der Waals surface area contributed by atoms with Crippen LogP contribution in [-0.2, 0) is 6.54 Å². The van der Waals surface area contributed by atoms with Gasteiger partial charge in [0.25, 0.3) is 0 Å². The van der Waals surface area contributed by atoms with Crippen LogP contribution in [0.1, 0.15) is 31.7 Å². The third-order valence-corrected chi connectivity index (χ3v) is 3.30. The first-order valence-corrected chi connectivity index (χ1v) is 6.36. The highest BCUT2D eigenvalue weighted by Crippen LogP contribution is 2.31. The lowest BCUT2D eigenvalue weighted by Gasteiger charge is -2.22. The van der Waals surface area contributed by atoms with Gasteiger partial charge in [0, 0.05) is 25.1 Å². The van der Waals surface area contributed by atoms with Gasteiger partial charge in [0.2, 0.25) is 0 Å². The van der Waals surface area contributed by atoms with E-state index in [9.17, 15) is 0 Å². The molecule has 0 aliphatic rings. The van der Waals surface area contributed by atoms with Gasteiger partial charge in [0.05, 0.1) is 0 Å². The highest BCUT2D eigenvalue weighted by molar-refractivity contribution is 5.41. The molecule has 0 fully saturated rings. The summed E-state index contributed by atoms with van der Waals surface area (Å²) in [4.78, 5) is 4.18. The molecule has 2 aromatic heterocycles. The monoisotopic (exact) mass is 244 g/mol. The van der Waals surface area contributed by atoms with Crippen molar-refractivity contribution in [1.29, 1.82) is 0 Å². The van der Waals surface area contributed by atoms with Crippen LogP contribution in [0.5, 0.6) is 0 Å². The fourth-order valence-electron chi connectivity index (χ4n) is 2.30. The van der Waals surface area contributed by atoms with Gasteiger partial charge in [-0.2, -0.15) is 5.10 Å². The Labute approximate surface area is 108 Å². The Hall–Kier alpha value is -1.84. The minimum Gasteiger partial charge on any atom is -0.383 e. The van der Waals surface area contributed by atoms with Crippen molar-refractivity contribution in [3.63, 3.8) is 0 Å². The molecule has 18 heavy (non-hydrogen) atoms. The van der Waals surface area contributed by atoms with Gasteiger partial charge >= 0.3 is 0 Å². The van der Waals surface area contributed by atoms with E-state index in [-0.39, 0.29) is 0 Å². The molecular formula is C14H20N4. The summed E-state index contributed by atoms with van der Waals surface area (Å²) in [5, 5.41) is 4.23. The Bertz CT molecular complexity index is 476. The molecule has 0 aliphatic carbocycles. The average molecular weight is 244 g/mol. The molecule has 96 valence electrons. The van der Waals surface area contributed by atoms with Gasteiger partial charge in [-0.3, -0.25) is 4.68 Å². The van der Waals surface area contributed by atoms with E-state index in [0.717, 1.165) is 18.5 Å². The topological polar surface area (TPSA) is 56.7 Å². The van der Waals surface area contributed by atoms with Crippen LogP contribution in [0.25, 0.3) is 0 Å². The number of anilines is 1. The van der Waals surface area contributed by atoms with E-state index in [4.69, 9.17) is 5.73 Å². The van der Waals surface area contributed by atoms with E-state index in [1.807, 2.05) is 29.2 Å². The minimum absolute atomic E-state index is 0.419. The molecule has 0 radical (unpaired) electrons. The van der Waals surface area contributed by atoms with Gasteiger partial charge < -0.3 is 5.73 Å². The Balaban J connectivity index is 2.11. The summed E-state index contributed by atoms with van der Waals surface area (Å²) in [5.74, 6) is 1.60. The number of aryl methyl sites for hydroxylation is 1. The lowest BCUT2D eigenvalue weighted by molar-refractivity contribution is 0.425. The average Bonchev–Trinajstić information content (AvgIpc) is 2.84. The highest BCUT2D eigenvalue weighted by atomic mass is 15.3. The first-order chi connectivity index (χ1) is 8.68. The number of nitrogen functional groups attached to an aromatic ring is 1. The van der Waals surface area contributed by atoms with Crippen LogP contribution in [0.3, 0.4) is 0 Å². The normalized spacial score (nSPS) is 12.8. The molecule has 4 nitrogen and oxygen atoms in total. The maximum Gasteiger partial charge on any atom is 0.126 e. The molecule has 2 rings (SSSR count). The van der Waals surface area contributed by atoms with E-state index in [1.54, 1.807) is 6.20 Å². The zero-order valence-corrected chi connectivity index (χ0v) is 11.0. The Morgan fingerprint density at radius 2 is 2.11 bits per heavy atom. The number of pyridine rings is 1. The lowest BCUT2D eigenvalue weighted by Crippen LogP contribution is -2.13. The summed E-state index contributed by atoms with van der Waals surface area (Å²) in [7, 11) is 0. The molecule has 2 heterocycles. The van der Waals surface area contributed by atoms with Gasteiger partial charge in [0.1, 0.15) is 5.82 Å². The Morgan fingerprint density at radius 1 is 1.28 bits per heavy atom. The molecule has 4 heteroatoms. The molecule has 0 amide bonds. The van der Waals surface area contributed by atoms with E-state index in [1.165, 1.54) is 0 Å². The first-order valence-electron chi connectivity index (χ1n) is 6.36. The quantitative estimate of drug-likeness (QED) is 0.879. The number of nitrogens with two attached hydrogens (primary N) is 1. The highest BCUT2D eigenvalue weighted by Gasteiger charge is 2.18. The number of nitrogens with zero attached hydrogens (tertiary/aromatic N) is 3. The summed E-state index contributed by atoms with van der Waals surface area (Å²) in [5.41, 5.74) is 7.13. The first kappa shape index (κ1) is 12.6. The second-order valence-electron chi connectivity index (χ2n) is 4.89. The molecule has 0 bridgehead atoms. The van der Waals surface area contributed by atoms with Crippen molar-refractivity contribution in [2.45, 2.75) is 32.7 Å². The van der Waals surface area contributed by atoms with E-state index in [0.29, 0.717) is 17.7 Å². The molecular weight excluding hydrogens is 224 g/mol. The number of hydrogen-bond acceptors (Lipinski definition) is 3. The summed E-state index contributed by atoms with van der Waals surface area (Å²) in [6, 6.07) is 5.98. The van der Waals surface area contributed by atoms with Gasteiger partial charge in [-0.25, -0.2) is 4.98 Å². The summed E-state index contributed by atoms with van der Waals surface area (Å²) >= 11 is 0. The molecule has 0 aliphatic heterocycles. The molecule has 0 saturated carbocycles. The predicted octanol–water partition coefficient (Wildman–Crippen LogP) is 2.69. The molecule has 0 unspecified atom stereocenters. The van der Waals surface area contributed by atoms with Crippen LogP contribution in [0.4, 0.5) is 5.82 Å². The van der Waals surface area contributed by atoms with Crippen LogP contribution >= 0.6 is 0 Å². The summed E-state index contributed by atoms with van der Waals surface area (Å²) < 4.78 is 1.96. The van der Waals surface area contributed by atoms with Crippen LogP contribution in [0.15, 0.2) is 36.8 Å². The smallest absolute Gasteiger partial charge is 0.126 e. The number of rotatable bonds is 5. The van der Waals surface area contributed by atoms with Crippen LogP contribution in [0.2, 0.25) is 0 Å². The number of hydrogen-bond donors (Lipinski definition) is 1. The maximum absolute atomic E-state index is 5.97. The zero-order chi connectivity index (χ0) is 13.0. The van der Waals surface area contributed by atoms with Crippen LogP contribution in [-0.4, -0.2) is 14.8 Å². The molecule has 2 aromatic rings. The van der Waals surface area contributed by atoms with Crippen molar-refractivity contribution >= 4 is 5.82 Å². The largest absolute Gasteiger partial charge is 0.383 e. The van der Waals surface area contributed by atoms with Crippen molar-refractivity contribution < 1.29 is 0 Å². The van der Waals surface area contributed by atoms with Gasteiger partial charge in [-0.05, 0) is 36.0 Å². The second-order valence-corrected chi connectivity index (χ2v) is 4.89. The standard InChI is InChI=1S/C14H20N4/c1-11(2)12(6-10-18-9-4-8-17-18)13-5-3-7-16-14(13)15/h3-5,7-9,11-12H,6,10H2,1-2H3,(H2,15,16)/t12-/m0/s1. The maximum atomic E-state index is 5.97. The summed E-state index contributed by atoms with van der Waals surface area (Å²) in [6.07, 6.45) is 6.56. The fraction of sp³-hybridized carbons (Fsp3) is 0.429. The lowest BCUT2D eigenvalue weighted by atomic mass is 9.86. The Kier molecular flexibility index (Phi) is 3.97. The van der Waals surface area contributed by atoms with Crippen molar-refractivity contribution in [2.75, 3.05) is 5.73 Å². The Morgan fingerprint density at radius 3 is 2.72 bits per heavy atom. The molecule has 0 saturated heterocycles. The SMILES string of the molecule is CC(C)[C@H](CCn1cccn1)c1cccnc1N. The van der Waals surface area contributed by atoms with Crippen molar-refractivity contribution in [3.05, 3.63) is 42.4 Å². The van der Waals surface area contributed by atoms with E-state index >= 15 is 0 Å². The van der Waals surface area contributed by atoms with Crippen LogP contribution in [0, 0.1) is 5.92 Å². The van der Waals surface area contributed by atoms with Crippen molar-refractivity contribution in [2.24, 2.45) is 5.92 Å². The van der Waals surface area contributed by atoms with Gasteiger partial charge in [-0.1, -0.05) is 19.9 Å². The van der Waals surface area contributed by atoms with Gasteiger partial charge in [0.15, 0.2) is 0 Å². The molecule has 1 atom stereocenters. The van der Waals surface area contributed by atoms with Crippen molar-refractivity contribution in [3.8, 4) is 0 Å². The van der Waals surface area contributed by atoms with Crippen molar-refractivity contribution in [1.82, 2.24) is 14.8 Å². The molecule has 2 N–H and O–H groups in total. The third-order valence-electron chi connectivity index (χ3n) is 3.30. The second kappa shape index (κ2) is 5.67. The third kappa shape index (κ3) is 2.88. The zero-order valence-electron chi connectivity index (χ0n) is 11.0. The fourth-order valence-corrected chi connectivity index (χ4v) is 2.30.